The average molecular weight is 657 g/mol. The summed E-state index contributed by atoms with van der Waals surface area (Å²) in [6.07, 6.45) is 7.24. The van der Waals surface area contributed by atoms with Crippen molar-refractivity contribution in [2.45, 2.75) is 95.9 Å². The molecule has 0 aromatic heterocycles. The Balaban J connectivity index is 1.58. The number of phenolic OH excluding ortho intramolecular Hbond substituents is 1. The minimum atomic E-state index is -0.934. The summed E-state index contributed by atoms with van der Waals surface area (Å²) < 4.78 is 6.17. The maximum absolute atomic E-state index is 13.9. The van der Waals surface area contributed by atoms with E-state index >= 15 is 0 Å². The lowest BCUT2D eigenvalue weighted by Crippen LogP contribution is -2.53. The second-order valence-corrected chi connectivity index (χ2v) is 12.8. The van der Waals surface area contributed by atoms with Crippen molar-refractivity contribution in [2.24, 2.45) is 5.73 Å². The standard InChI is InChI=1S/C39H52N4O5/c1-3-22-43(23-4-2)38(46)31-15-11-14-30(26-31)37(45)42-35(25-28-12-7-5-8-13-28)36(27-41-32-16-9-6-10-17-32)48-39(47)34(40)24-29-18-20-33(44)21-19-29/h5,7-8,11-15,18-21,26,32,34-36,41,44H,3-4,6,9-10,16-17,22-25,27,40H2,1-2H3,(H,42,45)/t34-,35?,36?/m0/s1. The smallest absolute Gasteiger partial charge is 0.323 e. The number of nitrogens with zero attached hydrogens (tertiary/aromatic N) is 1. The van der Waals surface area contributed by atoms with Gasteiger partial charge in [0.1, 0.15) is 17.9 Å². The highest BCUT2D eigenvalue weighted by Gasteiger charge is 2.31. The molecule has 0 saturated heterocycles. The topological polar surface area (TPSA) is 134 Å². The van der Waals surface area contributed by atoms with Crippen LogP contribution >= 0.6 is 0 Å². The minimum Gasteiger partial charge on any atom is -0.508 e. The molecule has 1 fully saturated rings. The van der Waals surface area contributed by atoms with Crippen molar-refractivity contribution < 1.29 is 24.2 Å². The molecule has 258 valence electrons. The van der Waals surface area contributed by atoms with Crippen LogP contribution in [0.3, 0.4) is 0 Å². The summed E-state index contributed by atoms with van der Waals surface area (Å²) in [6.45, 7) is 5.73. The maximum atomic E-state index is 13.9. The third-order valence-electron chi connectivity index (χ3n) is 8.88. The number of nitrogens with two attached hydrogens (primary N) is 1. The zero-order chi connectivity index (χ0) is 34.3. The summed E-state index contributed by atoms with van der Waals surface area (Å²) >= 11 is 0. The van der Waals surface area contributed by atoms with Gasteiger partial charge in [-0.3, -0.25) is 14.4 Å². The third-order valence-corrected chi connectivity index (χ3v) is 8.88. The third kappa shape index (κ3) is 11.2. The molecule has 0 heterocycles. The first-order valence-corrected chi connectivity index (χ1v) is 17.5. The molecule has 3 aromatic carbocycles. The molecule has 1 aliphatic carbocycles. The van der Waals surface area contributed by atoms with Gasteiger partial charge in [-0.2, -0.15) is 0 Å². The quantitative estimate of drug-likeness (QED) is 0.143. The molecule has 48 heavy (non-hydrogen) atoms. The van der Waals surface area contributed by atoms with Crippen LogP contribution in [-0.4, -0.2) is 71.7 Å². The predicted octanol–water partition coefficient (Wildman–Crippen LogP) is 5.40. The summed E-state index contributed by atoms with van der Waals surface area (Å²) in [5.74, 6) is -0.877. The molecule has 9 nitrogen and oxygen atoms in total. The monoisotopic (exact) mass is 656 g/mol. The van der Waals surface area contributed by atoms with E-state index in [4.69, 9.17) is 10.5 Å². The first kappa shape index (κ1) is 36.6. The summed E-state index contributed by atoms with van der Waals surface area (Å²) in [5.41, 5.74) is 8.96. The number of amides is 2. The highest BCUT2D eigenvalue weighted by atomic mass is 16.5. The van der Waals surface area contributed by atoms with Crippen LogP contribution in [0.25, 0.3) is 0 Å². The molecule has 0 bridgehead atoms. The fourth-order valence-electron chi connectivity index (χ4n) is 6.29. The van der Waals surface area contributed by atoms with Crippen LogP contribution in [0.2, 0.25) is 0 Å². The summed E-state index contributed by atoms with van der Waals surface area (Å²) in [5, 5.41) is 16.4. The number of phenols is 1. The van der Waals surface area contributed by atoms with Gasteiger partial charge in [0.2, 0.25) is 0 Å². The Labute approximate surface area is 285 Å². The molecular weight excluding hydrogens is 604 g/mol. The van der Waals surface area contributed by atoms with E-state index in [0.29, 0.717) is 43.2 Å². The molecule has 0 aliphatic heterocycles. The zero-order valence-electron chi connectivity index (χ0n) is 28.4. The molecule has 5 N–H and O–H groups in total. The van der Waals surface area contributed by atoms with E-state index in [-0.39, 0.29) is 24.0 Å². The highest BCUT2D eigenvalue weighted by molar-refractivity contribution is 5.99. The number of ether oxygens (including phenoxy) is 1. The molecule has 3 atom stereocenters. The number of hydrogen-bond acceptors (Lipinski definition) is 7. The Morgan fingerprint density at radius 3 is 2.17 bits per heavy atom. The van der Waals surface area contributed by atoms with E-state index in [0.717, 1.165) is 49.7 Å². The molecule has 1 aliphatic rings. The van der Waals surface area contributed by atoms with Crippen LogP contribution in [0.1, 0.15) is 90.6 Å². The van der Waals surface area contributed by atoms with E-state index in [9.17, 15) is 19.5 Å². The number of hydrogen-bond donors (Lipinski definition) is 4. The van der Waals surface area contributed by atoms with Crippen molar-refractivity contribution in [2.75, 3.05) is 19.6 Å². The number of carbonyl (C=O) groups is 3. The van der Waals surface area contributed by atoms with Gasteiger partial charge >= 0.3 is 5.97 Å². The Morgan fingerprint density at radius 2 is 1.50 bits per heavy atom. The van der Waals surface area contributed by atoms with Crippen molar-refractivity contribution in [1.82, 2.24) is 15.5 Å². The van der Waals surface area contributed by atoms with Gasteiger partial charge in [0.05, 0.1) is 6.04 Å². The Hall–Kier alpha value is -4.21. The van der Waals surface area contributed by atoms with Crippen molar-refractivity contribution in [3.05, 3.63) is 101 Å². The van der Waals surface area contributed by atoms with Crippen molar-refractivity contribution in [3.63, 3.8) is 0 Å². The maximum Gasteiger partial charge on any atom is 0.323 e. The van der Waals surface area contributed by atoms with E-state index < -0.39 is 24.2 Å². The largest absolute Gasteiger partial charge is 0.508 e. The van der Waals surface area contributed by atoms with Gasteiger partial charge in [-0.15, -0.1) is 0 Å². The fraction of sp³-hybridized carbons (Fsp3) is 0.462. The molecule has 2 unspecified atom stereocenters. The molecule has 0 spiro atoms. The van der Waals surface area contributed by atoms with Gasteiger partial charge in [-0.1, -0.05) is 81.6 Å². The lowest BCUT2D eigenvalue weighted by atomic mass is 9.94. The second-order valence-electron chi connectivity index (χ2n) is 12.8. The number of carbonyl (C=O) groups excluding carboxylic acids is 3. The summed E-state index contributed by atoms with van der Waals surface area (Å²) in [6, 6.07) is 22.0. The van der Waals surface area contributed by atoms with Crippen LogP contribution in [0.4, 0.5) is 0 Å². The lowest BCUT2D eigenvalue weighted by Gasteiger charge is -2.32. The van der Waals surface area contributed by atoms with Gasteiger partial charge in [0, 0.05) is 36.8 Å². The summed E-state index contributed by atoms with van der Waals surface area (Å²) in [7, 11) is 0. The van der Waals surface area contributed by atoms with Gasteiger partial charge in [-0.05, 0) is 80.0 Å². The van der Waals surface area contributed by atoms with Gasteiger partial charge in [-0.25, -0.2) is 0 Å². The molecular formula is C39H52N4O5. The number of nitrogens with one attached hydrogen (secondary N) is 2. The van der Waals surface area contributed by atoms with E-state index in [1.807, 2.05) is 49.1 Å². The van der Waals surface area contributed by atoms with Crippen molar-refractivity contribution in [1.29, 1.82) is 0 Å². The first-order chi connectivity index (χ1) is 23.3. The van der Waals surface area contributed by atoms with Crippen molar-refractivity contribution in [3.8, 4) is 5.75 Å². The average Bonchev–Trinajstić information content (AvgIpc) is 3.11. The Bertz CT molecular complexity index is 1440. The molecule has 0 radical (unpaired) electrons. The SMILES string of the molecule is CCCN(CCC)C(=O)c1cccc(C(=O)NC(Cc2ccccc2)C(CNC2CCCCC2)OC(=O)[C@@H](N)Cc2ccc(O)cc2)c1. The molecule has 1 saturated carbocycles. The van der Waals surface area contributed by atoms with E-state index in [1.165, 1.54) is 6.42 Å². The molecule has 9 heteroatoms. The molecule has 3 aromatic rings. The Kier molecular flexibility index (Phi) is 14.5. The van der Waals surface area contributed by atoms with Gasteiger partial charge < -0.3 is 31.1 Å². The predicted molar refractivity (Wildman–Crippen MR) is 189 cm³/mol. The first-order valence-electron chi connectivity index (χ1n) is 17.5. The van der Waals surface area contributed by atoms with Crippen LogP contribution in [-0.2, 0) is 22.4 Å². The summed E-state index contributed by atoms with van der Waals surface area (Å²) in [4.78, 5) is 42.6. The van der Waals surface area contributed by atoms with Crippen molar-refractivity contribution >= 4 is 17.8 Å². The number of esters is 1. The molecule has 4 rings (SSSR count). The fourth-order valence-corrected chi connectivity index (χ4v) is 6.29. The van der Waals surface area contributed by atoms with Crippen LogP contribution in [0.15, 0.2) is 78.9 Å². The number of aromatic hydroxyl groups is 1. The number of benzene rings is 3. The van der Waals surface area contributed by atoms with Crippen LogP contribution in [0.5, 0.6) is 5.75 Å². The van der Waals surface area contributed by atoms with E-state index in [2.05, 4.69) is 10.6 Å². The molecule has 2 amide bonds. The highest BCUT2D eigenvalue weighted by Crippen LogP contribution is 2.19. The van der Waals surface area contributed by atoms with Crippen LogP contribution < -0.4 is 16.4 Å². The van der Waals surface area contributed by atoms with Crippen LogP contribution in [0, 0.1) is 0 Å². The van der Waals surface area contributed by atoms with E-state index in [1.54, 1.807) is 48.5 Å². The lowest BCUT2D eigenvalue weighted by molar-refractivity contribution is -0.152. The number of rotatable bonds is 17. The zero-order valence-corrected chi connectivity index (χ0v) is 28.4. The Morgan fingerprint density at radius 1 is 0.854 bits per heavy atom. The minimum absolute atomic E-state index is 0.0970. The van der Waals surface area contributed by atoms with Gasteiger partial charge in [0.25, 0.3) is 11.8 Å². The normalized spacial score (nSPS) is 15.2. The van der Waals surface area contributed by atoms with Gasteiger partial charge in [0.15, 0.2) is 0 Å². The second kappa shape index (κ2) is 19.0.